The smallest absolute Gasteiger partial charge is 0.225 e. The second kappa shape index (κ2) is 5.53. The van der Waals surface area contributed by atoms with E-state index in [1.54, 1.807) is 0 Å². The van der Waals surface area contributed by atoms with Crippen molar-refractivity contribution < 1.29 is 4.79 Å². The third-order valence-corrected chi connectivity index (χ3v) is 3.76. The van der Waals surface area contributed by atoms with Crippen molar-refractivity contribution in [3.8, 4) is 0 Å². The Bertz CT molecular complexity index is 430. The van der Waals surface area contributed by atoms with Crippen molar-refractivity contribution in [1.82, 2.24) is 10.6 Å². The number of carbonyl (C=O) groups excluding carboxylic acids is 1. The van der Waals surface area contributed by atoms with Gasteiger partial charge in [0.15, 0.2) is 0 Å². The van der Waals surface area contributed by atoms with Crippen LogP contribution >= 0.6 is 0 Å². The van der Waals surface area contributed by atoms with Crippen molar-refractivity contribution in [2.75, 3.05) is 13.1 Å². The predicted octanol–water partition coefficient (Wildman–Crippen LogP) is 2.03. The fourth-order valence-corrected chi connectivity index (χ4v) is 2.50. The minimum atomic E-state index is 0.0743. The van der Waals surface area contributed by atoms with Gasteiger partial charge in [0.05, 0.1) is 12.0 Å². The molecule has 1 amide bonds. The van der Waals surface area contributed by atoms with E-state index in [0.717, 1.165) is 13.1 Å². The predicted molar refractivity (Wildman–Crippen MR) is 73.3 cm³/mol. The van der Waals surface area contributed by atoms with Crippen molar-refractivity contribution in [2.45, 2.75) is 26.8 Å². The van der Waals surface area contributed by atoms with E-state index < -0.39 is 0 Å². The molecule has 2 N–H and O–H groups in total. The molecule has 0 unspecified atom stereocenters. The van der Waals surface area contributed by atoms with E-state index in [4.69, 9.17) is 0 Å². The summed E-state index contributed by atoms with van der Waals surface area (Å²) in [6.07, 6.45) is 0. The van der Waals surface area contributed by atoms with Crippen LogP contribution in [0.4, 0.5) is 0 Å². The highest BCUT2D eigenvalue weighted by Gasteiger charge is 2.30. The molecule has 3 atom stereocenters. The first-order valence-corrected chi connectivity index (χ1v) is 6.65. The molecule has 3 nitrogen and oxygen atoms in total. The van der Waals surface area contributed by atoms with Crippen LogP contribution in [0.15, 0.2) is 24.3 Å². The van der Waals surface area contributed by atoms with Gasteiger partial charge >= 0.3 is 0 Å². The van der Waals surface area contributed by atoms with E-state index in [9.17, 15) is 4.79 Å². The molecule has 0 aliphatic carbocycles. The molecule has 1 fully saturated rings. The van der Waals surface area contributed by atoms with Gasteiger partial charge < -0.3 is 10.6 Å². The Balaban J connectivity index is 1.98. The number of hydrogen-bond donors (Lipinski definition) is 2. The molecule has 1 heterocycles. The molecule has 0 radical (unpaired) electrons. The van der Waals surface area contributed by atoms with Crippen LogP contribution in [0.3, 0.4) is 0 Å². The molecule has 1 aliphatic rings. The second-order valence-corrected chi connectivity index (χ2v) is 5.39. The molecule has 0 spiro atoms. The Morgan fingerprint density at radius 1 is 1.44 bits per heavy atom. The zero-order valence-corrected chi connectivity index (χ0v) is 11.4. The van der Waals surface area contributed by atoms with Crippen LogP contribution in [-0.2, 0) is 4.79 Å². The van der Waals surface area contributed by atoms with E-state index in [1.165, 1.54) is 11.1 Å². The van der Waals surface area contributed by atoms with Gasteiger partial charge in [-0.05, 0) is 31.9 Å². The van der Waals surface area contributed by atoms with Gasteiger partial charge in [0.1, 0.15) is 0 Å². The summed E-state index contributed by atoms with van der Waals surface area (Å²) in [5, 5.41) is 6.38. The number of rotatable bonds is 3. The fraction of sp³-hybridized carbons (Fsp3) is 0.533. The molecule has 1 saturated heterocycles. The van der Waals surface area contributed by atoms with Crippen molar-refractivity contribution in [2.24, 2.45) is 11.8 Å². The van der Waals surface area contributed by atoms with Gasteiger partial charge in [-0.25, -0.2) is 0 Å². The monoisotopic (exact) mass is 246 g/mol. The summed E-state index contributed by atoms with van der Waals surface area (Å²) in [5.41, 5.74) is 2.39. The van der Waals surface area contributed by atoms with Crippen LogP contribution in [0.25, 0.3) is 0 Å². The Kier molecular flexibility index (Phi) is 4.02. The molecule has 1 aromatic rings. The number of carbonyl (C=O) groups is 1. The van der Waals surface area contributed by atoms with Crippen LogP contribution in [0.2, 0.25) is 0 Å². The summed E-state index contributed by atoms with van der Waals surface area (Å²) in [4.78, 5) is 12.2. The number of hydrogen-bond acceptors (Lipinski definition) is 2. The van der Waals surface area contributed by atoms with Gasteiger partial charge in [-0.3, -0.25) is 4.79 Å². The molecule has 0 aromatic heterocycles. The van der Waals surface area contributed by atoms with Crippen LogP contribution < -0.4 is 10.6 Å². The van der Waals surface area contributed by atoms with E-state index in [2.05, 4.69) is 42.7 Å². The minimum absolute atomic E-state index is 0.0743. The van der Waals surface area contributed by atoms with Crippen LogP contribution in [0.5, 0.6) is 0 Å². The lowest BCUT2D eigenvalue weighted by Gasteiger charge is -2.19. The van der Waals surface area contributed by atoms with E-state index in [-0.39, 0.29) is 17.9 Å². The fourth-order valence-electron chi connectivity index (χ4n) is 2.50. The SMILES string of the molecule is Cc1cccc([C@@H](C)NC(=O)[C@@H]2CNC[C@H]2C)c1. The molecule has 2 rings (SSSR count). The normalized spacial score (nSPS) is 24.8. The van der Waals surface area contributed by atoms with Crippen molar-refractivity contribution in [3.05, 3.63) is 35.4 Å². The van der Waals surface area contributed by atoms with Crippen molar-refractivity contribution in [1.29, 1.82) is 0 Å². The number of nitrogens with one attached hydrogen (secondary N) is 2. The third kappa shape index (κ3) is 2.91. The number of aryl methyl sites for hydroxylation is 1. The van der Waals surface area contributed by atoms with Crippen LogP contribution in [0.1, 0.15) is 31.0 Å². The molecular formula is C15H22N2O. The molecule has 0 saturated carbocycles. The van der Waals surface area contributed by atoms with E-state index in [1.807, 2.05) is 13.0 Å². The molecule has 0 bridgehead atoms. The average Bonchev–Trinajstić information content (AvgIpc) is 2.75. The van der Waals surface area contributed by atoms with Gasteiger partial charge in [0.2, 0.25) is 5.91 Å². The molecule has 1 aromatic carbocycles. The maximum absolute atomic E-state index is 12.2. The lowest BCUT2D eigenvalue weighted by atomic mass is 9.96. The first-order valence-electron chi connectivity index (χ1n) is 6.65. The average molecular weight is 246 g/mol. The number of amides is 1. The Morgan fingerprint density at radius 2 is 2.22 bits per heavy atom. The summed E-state index contributed by atoms with van der Waals surface area (Å²) in [6, 6.07) is 8.37. The quantitative estimate of drug-likeness (QED) is 0.857. The maximum Gasteiger partial charge on any atom is 0.225 e. The molecule has 1 aliphatic heterocycles. The lowest BCUT2D eigenvalue weighted by molar-refractivity contribution is -0.126. The summed E-state index contributed by atoms with van der Waals surface area (Å²) >= 11 is 0. The molecule has 98 valence electrons. The van der Waals surface area contributed by atoms with Gasteiger partial charge in [-0.15, -0.1) is 0 Å². The topological polar surface area (TPSA) is 41.1 Å². The molecule has 3 heteroatoms. The highest BCUT2D eigenvalue weighted by Crippen LogP contribution is 2.19. The molecular weight excluding hydrogens is 224 g/mol. The van der Waals surface area contributed by atoms with Crippen molar-refractivity contribution >= 4 is 5.91 Å². The minimum Gasteiger partial charge on any atom is -0.349 e. The van der Waals surface area contributed by atoms with Gasteiger partial charge in [0, 0.05) is 6.54 Å². The van der Waals surface area contributed by atoms with Gasteiger partial charge in [0.25, 0.3) is 0 Å². The van der Waals surface area contributed by atoms with E-state index in [0.29, 0.717) is 5.92 Å². The summed E-state index contributed by atoms with van der Waals surface area (Å²) in [6.45, 7) is 7.98. The van der Waals surface area contributed by atoms with E-state index >= 15 is 0 Å². The molecule has 18 heavy (non-hydrogen) atoms. The Labute approximate surface area is 109 Å². The zero-order valence-electron chi connectivity index (χ0n) is 11.4. The van der Waals surface area contributed by atoms with Gasteiger partial charge in [-0.2, -0.15) is 0 Å². The standard InChI is InChI=1S/C15H22N2O/c1-10-5-4-6-13(7-10)12(3)17-15(18)14-9-16-8-11(14)2/h4-7,11-12,14,16H,8-9H2,1-3H3,(H,17,18)/t11-,12-,14-/m1/s1. The Morgan fingerprint density at radius 3 is 2.83 bits per heavy atom. The second-order valence-electron chi connectivity index (χ2n) is 5.39. The third-order valence-electron chi connectivity index (χ3n) is 3.76. The summed E-state index contributed by atoms with van der Waals surface area (Å²) < 4.78 is 0. The highest BCUT2D eigenvalue weighted by molar-refractivity contribution is 5.80. The van der Waals surface area contributed by atoms with Gasteiger partial charge in [-0.1, -0.05) is 36.8 Å². The Hall–Kier alpha value is -1.35. The van der Waals surface area contributed by atoms with Crippen molar-refractivity contribution in [3.63, 3.8) is 0 Å². The largest absolute Gasteiger partial charge is 0.349 e. The summed E-state index contributed by atoms with van der Waals surface area (Å²) in [5.74, 6) is 0.702. The first-order chi connectivity index (χ1) is 8.58. The number of benzene rings is 1. The first kappa shape index (κ1) is 13.1. The highest BCUT2D eigenvalue weighted by atomic mass is 16.2. The maximum atomic E-state index is 12.2. The zero-order chi connectivity index (χ0) is 13.1. The van der Waals surface area contributed by atoms with Crippen LogP contribution in [-0.4, -0.2) is 19.0 Å². The summed E-state index contributed by atoms with van der Waals surface area (Å²) in [7, 11) is 0. The lowest BCUT2D eigenvalue weighted by Crippen LogP contribution is -2.35. The van der Waals surface area contributed by atoms with Crippen LogP contribution in [0, 0.1) is 18.8 Å².